The standard InChI is InChI=1S/C24H23Cl2N5O4S/c1-3-11-31-20(13-27-22(33)15-5-8-17(25)9-6-15)29-30-24(31)36-14-21(32)28-19-12-16(7-10-18(19)26)23(34)35-4-2/h3,5-10,12H,1,4,11,13-14H2,2H3,(H,27,33)(H,28,32). The van der Waals surface area contributed by atoms with Gasteiger partial charge in [0.2, 0.25) is 5.91 Å². The summed E-state index contributed by atoms with van der Waals surface area (Å²) < 4.78 is 6.73. The second-order valence-corrected chi connectivity index (χ2v) is 9.03. The Balaban J connectivity index is 1.62. The summed E-state index contributed by atoms with van der Waals surface area (Å²) in [4.78, 5) is 36.9. The summed E-state index contributed by atoms with van der Waals surface area (Å²) in [5.41, 5.74) is 1.04. The van der Waals surface area contributed by atoms with E-state index >= 15 is 0 Å². The van der Waals surface area contributed by atoms with Crippen LogP contribution >= 0.6 is 35.0 Å². The largest absolute Gasteiger partial charge is 0.462 e. The number of rotatable bonds is 11. The van der Waals surface area contributed by atoms with Gasteiger partial charge in [-0.3, -0.25) is 9.59 Å². The lowest BCUT2D eigenvalue weighted by atomic mass is 10.2. The Morgan fingerprint density at radius 3 is 2.53 bits per heavy atom. The lowest BCUT2D eigenvalue weighted by Gasteiger charge is -2.10. The zero-order valence-electron chi connectivity index (χ0n) is 19.3. The summed E-state index contributed by atoms with van der Waals surface area (Å²) in [5.74, 6) is -0.631. The number of carbonyl (C=O) groups excluding carboxylic acids is 3. The molecule has 9 nitrogen and oxygen atoms in total. The van der Waals surface area contributed by atoms with Crippen LogP contribution in [0, 0.1) is 0 Å². The van der Waals surface area contributed by atoms with E-state index < -0.39 is 5.97 Å². The van der Waals surface area contributed by atoms with Crippen LogP contribution in [-0.4, -0.2) is 44.9 Å². The second kappa shape index (κ2) is 13.1. The molecule has 0 saturated heterocycles. The molecule has 0 aliphatic heterocycles. The molecule has 36 heavy (non-hydrogen) atoms. The van der Waals surface area contributed by atoms with Crippen molar-refractivity contribution >= 4 is 58.4 Å². The van der Waals surface area contributed by atoms with Crippen molar-refractivity contribution in [2.24, 2.45) is 0 Å². The van der Waals surface area contributed by atoms with Gasteiger partial charge in [-0.1, -0.05) is 41.0 Å². The summed E-state index contributed by atoms with van der Waals surface area (Å²) >= 11 is 13.2. The van der Waals surface area contributed by atoms with Crippen LogP contribution in [0.4, 0.5) is 5.69 Å². The van der Waals surface area contributed by atoms with Gasteiger partial charge in [-0.15, -0.1) is 16.8 Å². The predicted octanol–water partition coefficient (Wildman–Crippen LogP) is 4.61. The zero-order chi connectivity index (χ0) is 26.1. The highest BCUT2D eigenvalue weighted by Crippen LogP contribution is 2.25. The van der Waals surface area contributed by atoms with Gasteiger partial charge in [-0.05, 0) is 49.4 Å². The van der Waals surface area contributed by atoms with Crippen molar-refractivity contribution in [2.75, 3.05) is 17.7 Å². The van der Waals surface area contributed by atoms with Gasteiger partial charge in [0.25, 0.3) is 5.91 Å². The van der Waals surface area contributed by atoms with E-state index in [1.54, 1.807) is 41.8 Å². The Morgan fingerprint density at radius 1 is 1.11 bits per heavy atom. The van der Waals surface area contributed by atoms with Gasteiger partial charge in [0.05, 0.1) is 35.2 Å². The fourth-order valence-electron chi connectivity index (χ4n) is 3.01. The third-order valence-corrected chi connectivity index (χ3v) is 6.25. The molecular weight excluding hydrogens is 525 g/mol. The quantitative estimate of drug-likeness (QED) is 0.204. The number of hydrogen-bond acceptors (Lipinski definition) is 7. The lowest BCUT2D eigenvalue weighted by Crippen LogP contribution is -2.24. The van der Waals surface area contributed by atoms with Crippen LogP contribution < -0.4 is 10.6 Å². The minimum atomic E-state index is -0.507. The Labute approximate surface area is 222 Å². The summed E-state index contributed by atoms with van der Waals surface area (Å²) in [7, 11) is 0. The summed E-state index contributed by atoms with van der Waals surface area (Å²) in [5, 5.41) is 15.1. The molecule has 0 radical (unpaired) electrons. The molecule has 1 aromatic heterocycles. The number of ether oxygens (including phenoxy) is 1. The third kappa shape index (κ3) is 7.33. The van der Waals surface area contributed by atoms with Crippen molar-refractivity contribution < 1.29 is 19.1 Å². The Kier molecular flexibility index (Phi) is 9.92. The topological polar surface area (TPSA) is 115 Å². The van der Waals surface area contributed by atoms with Gasteiger partial charge in [0.1, 0.15) is 0 Å². The molecule has 0 spiro atoms. The van der Waals surface area contributed by atoms with Crippen LogP contribution in [0.3, 0.4) is 0 Å². The van der Waals surface area contributed by atoms with E-state index in [4.69, 9.17) is 27.9 Å². The Morgan fingerprint density at radius 2 is 1.83 bits per heavy atom. The highest BCUT2D eigenvalue weighted by atomic mass is 35.5. The maximum Gasteiger partial charge on any atom is 0.338 e. The number of benzene rings is 2. The van der Waals surface area contributed by atoms with Gasteiger partial charge in [0, 0.05) is 17.1 Å². The molecule has 3 aromatic rings. The number of nitrogens with one attached hydrogen (secondary N) is 2. The number of amides is 2. The van der Waals surface area contributed by atoms with Gasteiger partial charge in [-0.25, -0.2) is 4.79 Å². The third-order valence-electron chi connectivity index (χ3n) is 4.70. The molecule has 0 fully saturated rings. The van der Waals surface area contributed by atoms with Crippen LogP contribution in [-0.2, 0) is 22.6 Å². The average Bonchev–Trinajstić information content (AvgIpc) is 3.24. The number of nitrogens with zero attached hydrogens (tertiary/aromatic N) is 3. The molecule has 2 aromatic carbocycles. The minimum Gasteiger partial charge on any atom is -0.462 e. The number of carbonyl (C=O) groups is 3. The van der Waals surface area contributed by atoms with E-state index in [-0.39, 0.29) is 41.3 Å². The van der Waals surface area contributed by atoms with Crippen molar-refractivity contribution in [1.29, 1.82) is 0 Å². The van der Waals surface area contributed by atoms with E-state index in [0.29, 0.717) is 33.8 Å². The number of anilines is 1. The van der Waals surface area contributed by atoms with E-state index in [1.165, 1.54) is 18.2 Å². The first kappa shape index (κ1) is 27.3. The van der Waals surface area contributed by atoms with Crippen LogP contribution in [0.2, 0.25) is 10.0 Å². The molecule has 1 heterocycles. The van der Waals surface area contributed by atoms with E-state index in [9.17, 15) is 14.4 Å². The maximum atomic E-state index is 12.6. The number of aromatic nitrogens is 3. The molecule has 3 rings (SSSR count). The van der Waals surface area contributed by atoms with Gasteiger partial charge in [-0.2, -0.15) is 0 Å². The molecule has 0 aliphatic carbocycles. The van der Waals surface area contributed by atoms with Crippen molar-refractivity contribution in [3.05, 3.63) is 82.1 Å². The Hall–Kier alpha value is -3.34. The monoisotopic (exact) mass is 547 g/mol. The highest BCUT2D eigenvalue weighted by Gasteiger charge is 2.16. The molecule has 2 N–H and O–H groups in total. The van der Waals surface area contributed by atoms with Crippen LogP contribution in [0.1, 0.15) is 33.5 Å². The highest BCUT2D eigenvalue weighted by molar-refractivity contribution is 7.99. The van der Waals surface area contributed by atoms with Crippen molar-refractivity contribution in [2.45, 2.75) is 25.2 Å². The fraction of sp³-hybridized carbons (Fsp3) is 0.208. The van der Waals surface area contributed by atoms with E-state index in [0.717, 1.165) is 11.8 Å². The fourth-order valence-corrected chi connectivity index (χ4v) is 4.07. The van der Waals surface area contributed by atoms with Crippen LogP contribution in [0.25, 0.3) is 0 Å². The van der Waals surface area contributed by atoms with Crippen molar-refractivity contribution in [3.63, 3.8) is 0 Å². The maximum absolute atomic E-state index is 12.6. The predicted molar refractivity (Wildman–Crippen MR) is 140 cm³/mol. The summed E-state index contributed by atoms with van der Waals surface area (Å²) in [6, 6.07) is 11.0. The first-order valence-corrected chi connectivity index (χ1v) is 12.5. The molecule has 188 valence electrons. The molecule has 0 bridgehead atoms. The minimum absolute atomic E-state index is 0.00632. The SMILES string of the molecule is C=CCn1c(CNC(=O)c2ccc(Cl)cc2)nnc1SCC(=O)Nc1cc(C(=O)OCC)ccc1Cl. The summed E-state index contributed by atoms with van der Waals surface area (Å²) in [6.07, 6.45) is 1.67. The smallest absolute Gasteiger partial charge is 0.338 e. The molecular formula is C24H23Cl2N5O4S. The molecule has 2 amide bonds. The number of thioether (sulfide) groups is 1. The Bertz CT molecular complexity index is 1260. The second-order valence-electron chi connectivity index (χ2n) is 7.24. The van der Waals surface area contributed by atoms with Gasteiger partial charge < -0.3 is 19.9 Å². The molecule has 0 aliphatic rings. The van der Waals surface area contributed by atoms with Crippen LogP contribution in [0.5, 0.6) is 0 Å². The first-order valence-electron chi connectivity index (χ1n) is 10.8. The average molecular weight is 548 g/mol. The molecule has 0 saturated carbocycles. The van der Waals surface area contributed by atoms with Crippen molar-refractivity contribution in [1.82, 2.24) is 20.1 Å². The van der Waals surface area contributed by atoms with Crippen LogP contribution in [0.15, 0.2) is 60.3 Å². The van der Waals surface area contributed by atoms with Gasteiger partial charge in [0.15, 0.2) is 11.0 Å². The number of halogens is 2. The van der Waals surface area contributed by atoms with E-state index in [2.05, 4.69) is 27.4 Å². The zero-order valence-corrected chi connectivity index (χ0v) is 21.6. The molecule has 0 unspecified atom stereocenters. The normalized spacial score (nSPS) is 10.5. The number of allylic oxidation sites excluding steroid dienone is 1. The first-order chi connectivity index (χ1) is 17.3. The number of hydrogen-bond donors (Lipinski definition) is 2. The molecule has 12 heteroatoms. The van der Waals surface area contributed by atoms with E-state index in [1.807, 2.05) is 0 Å². The summed E-state index contributed by atoms with van der Waals surface area (Å²) in [6.45, 7) is 6.20. The molecule has 0 atom stereocenters. The van der Waals surface area contributed by atoms with Crippen molar-refractivity contribution in [3.8, 4) is 0 Å². The lowest BCUT2D eigenvalue weighted by molar-refractivity contribution is -0.113. The van der Waals surface area contributed by atoms with Gasteiger partial charge >= 0.3 is 5.97 Å². The number of esters is 1.